The van der Waals surface area contributed by atoms with Crippen molar-refractivity contribution in [1.82, 2.24) is 15.0 Å². The van der Waals surface area contributed by atoms with Crippen LogP contribution in [0, 0.1) is 6.92 Å². The van der Waals surface area contributed by atoms with Gasteiger partial charge in [-0.05, 0) is 25.0 Å². The topological polar surface area (TPSA) is 68.5 Å². The maximum atomic E-state index is 12.9. The third-order valence-electron chi connectivity index (χ3n) is 3.82. The standard InChI is InChI=1S/C15H19N3O3S/c1-3-4-11-7-13(22-10(11)2)15(19)18-5-6-20-8-12(18)14-16-9-21-17-14/h7,9,12H,3-6,8H2,1-2H3. The van der Waals surface area contributed by atoms with Gasteiger partial charge in [0, 0.05) is 11.4 Å². The predicted molar refractivity (Wildman–Crippen MR) is 81.9 cm³/mol. The number of nitrogens with zero attached hydrogens (tertiary/aromatic N) is 3. The molecule has 0 radical (unpaired) electrons. The largest absolute Gasteiger partial charge is 0.377 e. The molecule has 0 bridgehead atoms. The number of aryl methyl sites for hydroxylation is 2. The van der Waals surface area contributed by atoms with Crippen LogP contribution >= 0.6 is 11.3 Å². The van der Waals surface area contributed by atoms with Gasteiger partial charge in [-0.15, -0.1) is 11.3 Å². The van der Waals surface area contributed by atoms with Gasteiger partial charge in [0.05, 0.1) is 18.1 Å². The number of rotatable bonds is 4. The molecule has 1 fully saturated rings. The van der Waals surface area contributed by atoms with E-state index in [0.717, 1.165) is 17.7 Å². The van der Waals surface area contributed by atoms with Crippen LogP contribution in [0.25, 0.3) is 0 Å². The lowest BCUT2D eigenvalue weighted by Crippen LogP contribution is -2.43. The van der Waals surface area contributed by atoms with Crippen LogP contribution in [-0.4, -0.2) is 40.7 Å². The average molecular weight is 321 g/mol. The molecule has 0 aliphatic carbocycles. The fourth-order valence-corrected chi connectivity index (χ4v) is 3.70. The quantitative estimate of drug-likeness (QED) is 0.866. The van der Waals surface area contributed by atoms with Crippen molar-refractivity contribution in [2.45, 2.75) is 32.7 Å². The SMILES string of the molecule is CCCc1cc(C(=O)N2CCOCC2c2ncon2)sc1C. The molecular formula is C15H19N3O3S. The molecule has 1 aliphatic rings. The maximum absolute atomic E-state index is 12.9. The van der Waals surface area contributed by atoms with E-state index >= 15 is 0 Å². The zero-order valence-electron chi connectivity index (χ0n) is 12.7. The van der Waals surface area contributed by atoms with E-state index in [4.69, 9.17) is 9.26 Å². The van der Waals surface area contributed by atoms with Crippen molar-refractivity contribution < 1.29 is 14.1 Å². The van der Waals surface area contributed by atoms with Crippen LogP contribution in [0.5, 0.6) is 0 Å². The maximum Gasteiger partial charge on any atom is 0.264 e. The van der Waals surface area contributed by atoms with Gasteiger partial charge in [-0.3, -0.25) is 4.79 Å². The van der Waals surface area contributed by atoms with Crippen LogP contribution in [0.1, 0.15) is 45.3 Å². The van der Waals surface area contributed by atoms with Gasteiger partial charge in [-0.25, -0.2) is 0 Å². The summed E-state index contributed by atoms with van der Waals surface area (Å²) >= 11 is 1.56. The van der Waals surface area contributed by atoms with Crippen LogP contribution in [0.2, 0.25) is 0 Å². The van der Waals surface area contributed by atoms with Crippen LogP contribution in [0.3, 0.4) is 0 Å². The van der Waals surface area contributed by atoms with Crippen molar-refractivity contribution in [3.8, 4) is 0 Å². The second-order valence-electron chi connectivity index (χ2n) is 5.32. The number of hydrogen-bond donors (Lipinski definition) is 0. The molecule has 22 heavy (non-hydrogen) atoms. The van der Waals surface area contributed by atoms with Crippen molar-refractivity contribution in [2.24, 2.45) is 0 Å². The number of hydrogen-bond acceptors (Lipinski definition) is 6. The lowest BCUT2D eigenvalue weighted by atomic mass is 10.1. The lowest BCUT2D eigenvalue weighted by molar-refractivity contribution is -0.00551. The Hall–Kier alpha value is -1.73. The van der Waals surface area contributed by atoms with E-state index in [1.54, 1.807) is 16.2 Å². The smallest absolute Gasteiger partial charge is 0.264 e. The average Bonchev–Trinajstić information content (AvgIpc) is 3.18. The zero-order valence-corrected chi connectivity index (χ0v) is 13.6. The molecule has 1 aliphatic heterocycles. The van der Waals surface area contributed by atoms with Crippen molar-refractivity contribution in [3.05, 3.63) is 33.6 Å². The molecule has 2 aromatic rings. The van der Waals surface area contributed by atoms with Crippen LogP contribution in [-0.2, 0) is 11.2 Å². The molecule has 0 N–H and O–H groups in total. The number of thiophene rings is 1. The summed E-state index contributed by atoms with van der Waals surface area (Å²) in [6.45, 7) is 5.69. The Kier molecular flexibility index (Phi) is 4.54. The summed E-state index contributed by atoms with van der Waals surface area (Å²) in [5.74, 6) is 0.517. The van der Waals surface area contributed by atoms with Crippen molar-refractivity contribution in [1.29, 1.82) is 0 Å². The Morgan fingerprint density at radius 2 is 2.41 bits per heavy atom. The van der Waals surface area contributed by atoms with E-state index in [1.165, 1.54) is 16.8 Å². The summed E-state index contributed by atoms with van der Waals surface area (Å²) in [5.41, 5.74) is 1.26. The van der Waals surface area contributed by atoms with Gasteiger partial charge in [0.1, 0.15) is 6.04 Å². The molecule has 1 amide bonds. The molecule has 3 heterocycles. The molecule has 1 unspecified atom stereocenters. The fourth-order valence-electron chi connectivity index (χ4n) is 2.67. The van der Waals surface area contributed by atoms with E-state index in [9.17, 15) is 4.79 Å². The van der Waals surface area contributed by atoms with Crippen molar-refractivity contribution >= 4 is 17.2 Å². The van der Waals surface area contributed by atoms with Gasteiger partial charge in [0.2, 0.25) is 6.39 Å². The molecule has 0 aromatic carbocycles. The first-order chi connectivity index (χ1) is 10.7. The molecule has 2 aromatic heterocycles. The molecule has 118 valence electrons. The van der Waals surface area contributed by atoms with Crippen LogP contribution in [0.15, 0.2) is 17.0 Å². The molecule has 7 heteroatoms. The van der Waals surface area contributed by atoms with Crippen molar-refractivity contribution in [2.75, 3.05) is 19.8 Å². The molecule has 1 atom stereocenters. The Morgan fingerprint density at radius 3 is 3.14 bits per heavy atom. The Morgan fingerprint density at radius 1 is 1.55 bits per heavy atom. The highest BCUT2D eigenvalue weighted by atomic mass is 32.1. The predicted octanol–water partition coefficient (Wildman–Crippen LogP) is 2.61. The summed E-state index contributed by atoms with van der Waals surface area (Å²) in [7, 11) is 0. The monoisotopic (exact) mass is 321 g/mol. The number of carbonyl (C=O) groups is 1. The zero-order chi connectivity index (χ0) is 15.5. The van der Waals surface area contributed by atoms with Gasteiger partial charge in [-0.2, -0.15) is 4.98 Å². The minimum Gasteiger partial charge on any atom is -0.377 e. The van der Waals surface area contributed by atoms with E-state index in [1.807, 2.05) is 6.07 Å². The van der Waals surface area contributed by atoms with Crippen LogP contribution in [0.4, 0.5) is 0 Å². The molecular weight excluding hydrogens is 302 g/mol. The van der Waals surface area contributed by atoms with Gasteiger partial charge in [-0.1, -0.05) is 18.5 Å². The molecule has 6 nitrogen and oxygen atoms in total. The highest BCUT2D eigenvalue weighted by molar-refractivity contribution is 7.14. The van der Waals surface area contributed by atoms with E-state index in [-0.39, 0.29) is 11.9 Å². The fraction of sp³-hybridized carbons (Fsp3) is 0.533. The summed E-state index contributed by atoms with van der Waals surface area (Å²) in [6.07, 6.45) is 3.36. The summed E-state index contributed by atoms with van der Waals surface area (Å²) < 4.78 is 10.3. The first-order valence-corrected chi connectivity index (χ1v) is 8.26. The molecule has 1 saturated heterocycles. The Balaban J connectivity index is 1.84. The molecule has 3 rings (SSSR count). The second-order valence-corrected chi connectivity index (χ2v) is 6.58. The van der Waals surface area contributed by atoms with E-state index < -0.39 is 0 Å². The minimum absolute atomic E-state index is 0.0218. The Labute approximate surface area is 133 Å². The summed E-state index contributed by atoms with van der Waals surface area (Å²) in [4.78, 5) is 20.7. The lowest BCUT2D eigenvalue weighted by Gasteiger charge is -2.33. The number of ether oxygens (including phenoxy) is 1. The van der Waals surface area contributed by atoms with E-state index in [0.29, 0.717) is 25.6 Å². The third kappa shape index (κ3) is 2.91. The van der Waals surface area contributed by atoms with E-state index in [2.05, 4.69) is 24.0 Å². The third-order valence-corrected chi connectivity index (χ3v) is 4.90. The molecule has 0 spiro atoms. The normalized spacial score (nSPS) is 18.6. The summed E-state index contributed by atoms with van der Waals surface area (Å²) in [5, 5.41) is 3.86. The van der Waals surface area contributed by atoms with Gasteiger partial charge >= 0.3 is 0 Å². The number of carbonyl (C=O) groups excluding carboxylic acids is 1. The number of amides is 1. The van der Waals surface area contributed by atoms with Gasteiger partial charge in [0.15, 0.2) is 5.82 Å². The van der Waals surface area contributed by atoms with Gasteiger partial charge in [0.25, 0.3) is 5.91 Å². The van der Waals surface area contributed by atoms with Crippen molar-refractivity contribution in [3.63, 3.8) is 0 Å². The highest BCUT2D eigenvalue weighted by Gasteiger charge is 2.33. The van der Waals surface area contributed by atoms with Gasteiger partial charge < -0.3 is 14.2 Å². The molecule has 0 saturated carbocycles. The summed E-state index contributed by atoms with van der Waals surface area (Å²) in [6, 6.07) is 1.74. The second kappa shape index (κ2) is 6.58. The highest BCUT2D eigenvalue weighted by Crippen LogP contribution is 2.28. The first-order valence-electron chi connectivity index (χ1n) is 7.45. The number of aromatic nitrogens is 2. The first kappa shape index (κ1) is 15.2. The number of morpholine rings is 1. The minimum atomic E-state index is -0.281. The Bertz CT molecular complexity index is 639. The van der Waals surface area contributed by atoms with Crippen LogP contribution < -0.4 is 0 Å².